The molecule has 0 aliphatic heterocycles. The Morgan fingerprint density at radius 2 is 1.86 bits per heavy atom. The van der Waals surface area contributed by atoms with Crippen LogP contribution in [-0.2, 0) is 0 Å². The van der Waals surface area contributed by atoms with Crippen LogP contribution in [0.5, 0.6) is 0 Å². The van der Waals surface area contributed by atoms with Gasteiger partial charge >= 0.3 is 0 Å². The summed E-state index contributed by atoms with van der Waals surface area (Å²) >= 11 is 0. The molecule has 0 heterocycles. The van der Waals surface area contributed by atoms with Gasteiger partial charge in [-0.2, -0.15) is 0 Å². The van der Waals surface area contributed by atoms with Gasteiger partial charge in [0.2, 0.25) is 6.85 Å². The third kappa shape index (κ3) is 2.75. The van der Waals surface area contributed by atoms with E-state index in [0.29, 0.717) is 6.85 Å². The van der Waals surface area contributed by atoms with Gasteiger partial charge in [-0.05, 0) is 7.05 Å². The minimum absolute atomic E-state index is 0.644. The molecule has 0 fully saturated rings. The van der Waals surface area contributed by atoms with Crippen LogP contribution in [0.15, 0.2) is 0 Å². The van der Waals surface area contributed by atoms with Gasteiger partial charge in [-0.25, -0.2) is 0 Å². The van der Waals surface area contributed by atoms with Crippen LogP contribution in [-0.4, -0.2) is 26.0 Å². The van der Waals surface area contributed by atoms with E-state index >= 15 is 0 Å². The molecule has 7 heavy (non-hydrogen) atoms. The molecule has 0 N–H and O–H groups in total. The molecule has 0 bridgehead atoms. The average molecular weight is 95.8 g/mol. The summed E-state index contributed by atoms with van der Waals surface area (Å²) in [7, 11) is 4.15. The first-order chi connectivity index (χ1) is 3.18. The van der Waals surface area contributed by atoms with E-state index in [1.54, 1.807) is 0 Å². The number of rotatable bonds is 2. The predicted molar refractivity (Wildman–Crippen MR) is 36.9 cm³/mol. The predicted octanol–water partition coefficient (Wildman–Crippen LogP) is 0.837. The molecule has 1 nitrogen and oxygen atoms in total. The van der Waals surface area contributed by atoms with Gasteiger partial charge < -0.3 is 4.72 Å². The van der Waals surface area contributed by atoms with E-state index in [4.69, 9.17) is 0 Å². The second-order valence-electron chi connectivity index (χ2n) is 2.02. The van der Waals surface area contributed by atoms with Crippen molar-refractivity contribution in [3.63, 3.8) is 0 Å². The molecule has 3 heteroatoms. The van der Waals surface area contributed by atoms with Crippen LogP contribution in [0.25, 0.3) is 0 Å². The van der Waals surface area contributed by atoms with Gasteiger partial charge in [-0.1, -0.05) is 20.5 Å². The van der Waals surface area contributed by atoms with Crippen molar-refractivity contribution in [2.75, 3.05) is 7.05 Å². The highest BCUT2D eigenvalue weighted by Gasteiger charge is 2.02. The molecule has 0 aliphatic carbocycles. The lowest BCUT2D eigenvalue weighted by atomic mass is 9.61. The van der Waals surface area contributed by atoms with Crippen LogP contribution < -0.4 is 0 Å². The van der Waals surface area contributed by atoms with E-state index in [2.05, 4.69) is 32.8 Å². The molecule has 0 rings (SSSR count). The topological polar surface area (TPSA) is 3.24 Å². The summed E-state index contributed by atoms with van der Waals surface area (Å²) in [6.45, 7) is 7.02. The first-order valence-electron chi connectivity index (χ1n) is 2.70. The van der Waals surface area contributed by atoms with Crippen molar-refractivity contribution in [2.45, 2.75) is 20.5 Å². The zero-order chi connectivity index (χ0) is 5.86. The molecule has 0 amide bonds. The lowest BCUT2D eigenvalue weighted by Crippen LogP contribution is -2.31. The Morgan fingerprint density at radius 1 is 1.43 bits per heavy atom. The van der Waals surface area contributed by atoms with E-state index in [-0.39, 0.29) is 0 Å². The highest BCUT2D eigenvalue weighted by Crippen LogP contribution is 1.83. The zero-order valence-corrected chi connectivity index (χ0v) is 5.60. The third-order valence-corrected chi connectivity index (χ3v) is 1.22. The maximum atomic E-state index is 2.17. The van der Waals surface area contributed by atoms with Crippen LogP contribution >= 0.6 is 0 Å². The molecule has 0 saturated carbocycles. The maximum absolute atomic E-state index is 2.17. The summed E-state index contributed by atoms with van der Waals surface area (Å²) in [5, 5.41) is 0. The summed E-state index contributed by atoms with van der Waals surface area (Å²) in [6, 6.07) is 0. The molecule has 39 valence electrons. The number of hydrogen-bond acceptors (Lipinski definition) is 1. The fraction of sp³-hybridized carbons (Fsp3) is 1.00. The van der Waals surface area contributed by atoms with Crippen LogP contribution in [0.1, 0.15) is 0 Å². The van der Waals surface area contributed by atoms with Gasteiger partial charge in [-0.3, -0.25) is 0 Å². The van der Waals surface area contributed by atoms with Crippen LogP contribution in [0.4, 0.5) is 0 Å². The monoisotopic (exact) mass is 96.1 g/mol. The minimum Gasteiger partial charge on any atom is -0.392 e. The fourth-order valence-electron chi connectivity index (χ4n) is 0.298. The Balaban J connectivity index is 3.14. The average Bonchev–Trinajstić information content (AvgIpc) is 1.65. The molecule has 0 spiro atoms. The molecule has 0 saturated heterocycles. The van der Waals surface area contributed by atoms with Gasteiger partial charge in [0.15, 0.2) is 7.41 Å². The highest BCUT2D eigenvalue weighted by atomic mass is 14.9. The van der Waals surface area contributed by atoms with Crippen molar-refractivity contribution in [2.24, 2.45) is 0 Å². The molecule has 0 aliphatic rings. The molecular formula is C4H12B2N. The fourth-order valence-corrected chi connectivity index (χ4v) is 0.298. The van der Waals surface area contributed by atoms with E-state index < -0.39 is 0 Å². The van der Waals surface area contributed by atoms with Crippen molar-refractivity contribution in [3.05, 3.63) is 0 Å². The van der Waals surface area contributed by atoms with Crippen LogP contribution in [0, 0.1) is 0 Å². The van der Waals surface area contributed by atoms with E-state index in [0.717, 1.165) is 0 Å². The second-order valence-corrected chi connectivity index (χ2v) is 2.02. The summed E-state index contributed by atoms with van der Waals surface area (Å²) in [5.41, 5.74) is 0. The Hall–Kier alpha value is 0.0899. The van der Waals surface area contributed by atoms with Crippen molar-refractivity contribution in [1.29, 1.82) is 0 Å². The maximum Gasteiger partial charge on any atom is 0.204 e. The Labute approximate surface area is 47.4 Å². The first kappa shape index (κ1) is 7.09. The lowest BCUT2D eigenvalue weighted by molar-refractivity contribution is 0.832. The lowest BCUT2D eigenvalue weighted by Gasteiger charge is -2.14. The summed E-state index contributed by atoms with van der Waals surface area (Å²) in [6.07, 6.45) is 0. The molecule has 0 aromatic rings. The largest absolute Gasteiger partial charge is 0.392 e. The van der Waals surface area contributed by atoms with Gasteiger partial charge in [-0.15, -0.1) is 0 Å². The Morgan fingerprint density at radius 3 is 1.86 bits per heavy atom. The third-order valence-electron chi connectivity index (χ3n) is 1.22. The van der Waals surface area contributed by atoms with Crippen molar-refractivity contribution >= 4 is 14.3 Å². The standard InChI is InChI=1S/C4H12B2N/c1-5-7(4)6(2)3/h1-4H3. The van der Waals surface area contributed by atoms with Crippen molar-refractivity contribution < 1.29 is 0 Å². The van der Waals surface area contributed by atoms with Crippen molar-refractivity contribution in [3.8, 4) is 0 Å². The van der Waals surface area contributed by atoms with Crippen molar-refractivity contribution in [1.82, 2.24) is 4.72 Å². The van der Waals surface area contributed by atoms with E-state index in [1.165, 1.54) is 0 Å². The molecule has 0 atom stereocenters. The SMILES string of the molecule is C[B]N(C)B(C)C. The Kier molecular flexibility index (Phi) is 3.18. The number of hydrogen-bond donors (Lipinski definition) is 0. The molecule has 1 radical (unpaired) electrons. The minimum atomic E-state index is 0.644. The normalized spacial score (nSPS) is 9.29. The smallest absolute Gasteiger partial charge is 0.204 e. The quantitative estimate of drug-likeness (QED) is 0.460. The van der Waals surface area contributed by atoms with Crippen LogP contribution in [0.3, 0.4) is 0 Å². The van der Waals surface area contributed by atoms with Gasteiger partial charge in [0.25, 0.3) is 0 Å². The Bertz CT molecular complexity index is 47.0. The second kappa shape index (κ2) is 3.14. The first-order valence-corrected chi connectivity index (χ1v) is 2.70. The summed E-state index contributed by atoms with van der Waals surface area (Å²) in [4.78, 5) is 0. The zero-order valence-electron chi connectivity index (χ0n) is 5.60. The molecule has 0 aromatic carbocycles. The van der Waals surface area contributed by atoms with E-state index in [9.17, 15) is 0 Å². The highest BCUT2D eigenvalue weighted by molar-refractivity contribution is 6.62. The van der Waals surface area contributed by atoms with E-state index in [1.807, 2.05) is 6.82 Å². The molecule has 0 aromatic heterocycles. The van der Waals surface area contributed by atoms with Crippen LogP contribution in [0.2, 0.25) is 20.5 Å². The van der Waals surface area contributed by atoms with Gasteiger partial charge in [0.05, 0.1) is 0 Å². The molecule has 0 unspecified atom stereocenters. The summed E-state index contributed by atoms with van der Waals surface area (Å²) < 4.78 is 2.17. The molecular weight excluding hydrogens is 83.7 g/mol. The summed E-state index contributed by atoms with van der Waals surface area (Å²) in [5.74, 6) is 0. The van der Waals surface area contributed by atoms with Gasteiger partial charge in [0.1, 0.15) is 0 Å². The number of nitrogens with zero attached hydrogens (tertiary/aromatic N) is 1. The van der Waals surface area contributed by atoms with Gasteiger partial charge in [0, 0.05) is 0 Å².